The van der Waals surface area contributed by atoms with Crippen molar-refractivity contribution in [3.8, 4) is 0 Å². The fourth-order valence-corrected chi connectivity index (χ4v) is 3.33. The number of halogens is 1. The number of amides is 1. The SMILES string of the molecule is I.NC(=NCCN1C(=O)Cc2ccccc21)NC1CCCCC1. The van der Waals surface area contributed by atoms with E-state index in [0.717, 1.165) is 11.3 Å². The molecule has 1 aromatic carbocycles. The van der Waals surface area contributed by atoms with E-state index in [1.54, 1.807) is 0 Å². The fourth-order valence-electron chi connectivity index (χ4n) is 3.33. The van der Waals surface area contributed by atoms with Gasteiger partial charge in [-0.3, -0.25) is 9.79 Å². The van der Waals surface area contributed by atoms with Gasteiger partial charge in [0.25, 0.3) is 0 Å². The molecule has 1 saturated carbocycles. The maximum atomic E-state index is 12.1. The summed E-state index contributed by atoms with van der Waals surface area (Å²) in [5, 5.41) is 3.30. The standard InChI is InChI=1S/C17H24N4O.HI/c18-17(20-14-7-2-1-3-8-14)19-10-11-21-15-9-5-4-6-13(15)12-16(21)22;/h4-6,9,14H,1-3,7-8,10-12H2,(H3,18,19,20);1H. The summed E-state index contributed by atoms with van der Waals surface area (Å²) in [6.07, 6.45) is 6.71. The Kier molecular flexibility index (Phi) is 6.68. The number of nitrogens with zero attached hydrogens (tertiary/aromatic N) is 2. The number of aliphatic imine (C=N–C) groups is 1. The molecule has 23 heavy (non-hydrogen) atoms. The zero-order valence-corrected chi connectivity index (χ0v) is 15.7. The van der Waals surface area contributed by atoms with Crippen molar-refractivity contribution in [2.45, 2.75) is 44.6 Å². The number of anilines is 1. The van der Waals surface area contributed by atoms with Crippen molar-refractivity contribution < 1.29 is 4.79 Å². The average Bonchev–Trinajstić information content (AvgIpc) is 2.84. The summed E-state index contributed by atoms with van der Waals surface area (Å²) in [5.74, 6) is 0.655. The van der Waals surface area contributed by atoms with Gasteiger partial charge in [0.2, 0.25) is 5.91 Å². The van der Waals surface area contributed by atoms with Crippen LogP contribution in [0.25, 0.3) is 0 Å². The second kappa shape index (κ2) is 8.52. The van der Waals surface area contributed by atoms with E-state index in [-0.39, 0.29) is 29.9 Å². The molecule has 2 aliphatic rings. The molecular formula is C17H25IN4O. The number of nitrogens with two attached hydrogens (primary N) is 1. The van der Waals surface area contributed by atoms with E-state index >= 15 is 0 Å². The molecule has 0 spiro atoms. The molecule has 1 amide bonds. The second-order valence-corrected chi connectivity index (χ2v) is 6.10. The third-order valence-electron chi connectivity index (χ3n) is 4.49. The molecule has 3 rings (SSSR count). The van der Waals surface area contributed by atoms with E-state index in [1.807, 2.05) is 29.2 Å². The van der Waals surface area contributed by atoms with Crippen molar-refractivity contribution in [1.29, 1.82) is 0 Å². The van der Waals surface area contributed by atoms with E-state index in [9.17, 15) is 4.79 Å². The van der Waals surface area contributed by atoms with Gasteiger partial charge in [0.1, 0.15) is 0 Å². The summed E-state index contributed by atoms with van der Waals surface area (Å²) in [7, 11) is 0. The molecule has 6 heteroatoms. The number of rotatable bonds is 4. The summed E-state index contributed by atoms with van der Waals surface area (Å²) < 4.78 is 0. The van der Waals surface area contributed by atoms with Crippen LogP contribution in [0, 0.1) is 0 Å². The smallest absolute Gasteiger partial charge is 0.231 e. The van der Waals surface area contributed by atoms with Crippen molar-refractivity contribution in [1.82, 2.24) is 5.32 Å². The number of carbonyl (C=O) groups excluding carboxylic acids is 1. The maximum Gasteiger partial charge on any atom is 0.231 e. The number of guanidine groups is 1. The van der Waals surface area contributed by atoms with Crippen LogP contribution in [0.15, 0.2) is 29.3 Å². The zero-order valence-electron chi connectivity index (χ0n) is 13.3. The van der Waals surface area contributed by atoms with Crippen LogP contribution in [0.2, 0.25) is 0 Å². The monoisotopic (exact) mass is 428 g/mol. The summed E-state index contributed by atoms with van der Waals surface area (Å²) in [6, 6.07) is 8.40. The lowest BCUT2D eigenvalue weighted by molar-refractivity contribution is -0.117. The highest BCUT2D eigenvalue weighted by molar-refractivity contribution is 14.0. The van der Waals surface area contributed by atoms with Crippen molar-refractivity contribution in [2.75, 3.05) is 18.0 Å². The number of nitrogens with one attached hydrogen (secondary N) is 1. The first kappa shape index (κ1) is 18.0. The van der Waals surface area contributed by atoms with Crippen molar-refractivity contribution in [3.05, 3.63) is 29.8 Å². The lowest BCUT2D eigenvalue weighted by Crippen LogP contribution is -2.41. The van der Waals surface area contributed by atoms with Crippen LogP contribution in [-0.4, -0.2) is 31.0 Å². The number of hydrogen-bond acceptors (Lipinski definition) is 2. The molecule has 0 unspecified atom stereocenters. The predicted molar refractivity (Wildman–Crippen MR) is 104 cm³/mol. The molecule has 0 bridgehead atoms. The maximum absolute atomic E-state index is 12.1. The fraction of sp³-hybridized carbons (Fsp3) is 0.529. The number of hydrogen-bond donors (Lipinski definition) is 2. The Morgan fingerprint density at radius 1 is 1.26 bits per heavy atom. The van der Waals surface area contributed by atoms with Gasteiger partial charge in [-0.15, -0.1) is 24.0 Å². The van der Waals surface area contributed by atoms with Crippen LogP contribution >= 0.6 is 24.0 Å². The third-order valence-corrected chi connectivity index (χ3v) is 4.49. The molecule has 1 aliphatic carbocycles. The van der Waals surface area contributed by atoms with Crippen LogP contribution in [0.3, 0.4) is 0 Å². The lowest BCUT2D eigenvalue weighted by atomic mass is 9.96. The van der Waals surface area contributed by atoms with Gasteiger partial charge in [0.15, 0.2) is 5.96 Å². The van der Waals surface area contributed by atoms with Crippen LogP contribution in [0.4, 0.5) is 5.69 Å². The first-order valence-electron chi connectivity index (χ1n) is 8.19. The molecule has 0 aromatic heterocycles. The molecule has 126 valence electrons. The molecule has 1 aromatic rings. The van der Waals surface area contributed by atoms with Gasteiger partial charge in [-0.1, -0.05) is 37.5 Å². The van der Waals surface area contributed by atoms with Gasteiger partial charge in [-0.05, 0) is 24.5 Å². The molecule has 1 heterocycles. The van der Waals surface area contributed by atoms with Gasteiger partial charge < -0.3 is 16.0 Å². The minimum absolute atomic E-state index is 0. The van der Waals surface area contributed by atoms with Gasteiger partial charge in [-0.2, -0.15) is 0 Å². The average molecular weight is 428 g/mol. The predicted octanol–water partition coefficient (Wildman–Crippen LogP) is 2.43. The Balaban J connectivity index is 0.00000192. The normalized spacial score (nSPS) is 18.5. The summed E-state index contributed by atoms with van der Waals surface area (Å²) in [5.41, 5.74) is 8.07. The van der Waals surface area contributed by atoms with Crippen LogP contribution in [0.1, 0.15) is 37.7 Å². The molecule has 0 atom stereocenters. The van der Waals surface area contributed by atoms with E-state index in [0.29, 0.717) is 31.5 Å². The Labute approximate surface area is 154 Å². The Morgan fingerprint density at radius 2 is 2.00 bits per heavy atom. The highest BCUT2D eigenvalue weighted by atomic mass is 127. The third kappa shape index (κ3) is 4.59. The van der Waals surface area contributed by atoms with E-state index < -0.39 is 0 Å². The lowest BCUT2D eigenvalue weighted by Gasteiger charge is -2.23. The highest BCUT2D eigenvalue weighted by Gasteiger charge is 2.25. The minimum atomic E-state index is 0. The Morgan fingerprint density at radius 3 is 2.78 bits per heavy atom. The molecule has 3 N–H and O–H groups in total. The first-order valence-corrected chi connectivity index (χ1v) is 8.19. The highest BCUT2D eigenvalue weighted by Crippen LogP contribution is 2.27. The number of fused-ring (bicyclic) bond motifs is 1. The van der Waals surface area contributed by atoms with Crippen LogP contribution in [-0.2, 0) is 11.2 Å². The quantitative estimate of drug-likeness (QED) is 0.440. The van der Waals surface area contributed by atoms with Crippen molar-refractivity contribution in [3.63, 3.8) is 0 Å². The Hall–Kier alpha value is -1.31. The number of para-hydroxylation sites is 1. The van der Waals surface area contributed by atoms with E-state index in [1.165, 1.54) is 32.1 Å². The van der Waals surface area contributed by atoms with Crippen LogP contribution in [0.5, 0.6) is 0 Å². The molecule has 0 saturated heterocycles. The summed E-state index contributed by atoms with van der Waals surface area (Å²) in [6.45, 7) is 1.12. The number of carbonyl (C=O) groups is 1. The molecule has 1 aliphatic heterocycles. The van der Waals surface area contributed by atoms with Crippen molar-refractivity contribution in [2.24, 2.45) is 10.7 Å². The molecule has 0 radical (unpaired) electrons. The summed E-state index contributed by atoms with van der Waals surface area (Å²) in [4.78, 5) is 18.2. The molecule has 1 fully saturated rings. The number of benzene rings is 1. The summed E-state index contributed by atoms with van der Waals surface area (Å²) >= 11 is 0. The topological polar surface area (TPSA) is 70.7 Å². The molecule has 5 nitrogen and oxygen atoms in total. The van der Waals surface area contributed by atoms with E-state index in [2.05, 4.69) is 10.3 Å². The van der Waals surface area contributed by atoms with Crippen molar-refractivity contribution >= 4 is 41.5 Å². The molecular weight excluding hydrogens is 403 g/mol. The van der Waals surface area contributed by atoms with Gasteiger partial charge >= 0.3 is 0 Å². The van der Waals surface area contributed by atoms with E-state index in [4.69, 9.17) is 5.73 Å². The second-order valence-electron chi connectivity index (χ2n) is 6.10. The first-order chi connectivity index (χ1) is 10.7. The minimum Gasteiger partial charge on any atom is -0.370 e. The largest absolute Gasteiger partial charge is 0.370 e. The Bertz CT molecular complexity index is 569. The van der Waals surface area contributed by atoms with Crippen LogP contribution < -0.4 is 16.0 Å². The van der Waals surface area contributed by atoms with Gasteiger partial charge in [0.05, 0.1) is 13.0 Å². The van der Waals surface area contributed by atoms with Gasteiger partial charge in [0, 0.05) is 18.3 Å². The van der Waals surface area contributed by atoms with Gasteiger partial charge in [-0.25, -0.2) is 0 Å². The zero-order chi connectivity index (χ0) is 15.4.